The third kappa shape index (κ3) is 2.93. The molecule has 0 saturated carbocycles. The van der Waals surface area contributed by atoms with Gasteiger partial charge >= 0.3 is 0 Å². The number of nitriles is 1. The topological polar surface area (TPSA) is 81.2 Å². The van der Waals surface area contributed by atoms with Gasteiger partial charge in [0, 0.05) is 12.3 Å². The molecule has 96 valence electrons. The van der Waals surface area contributed by atoms with Crippen LogP contribution in [0, 0.1) is 18.3 Å². The number of methoxy groups -OCH3 is 1. The van der Waals surface area contributed by atoms with Crippen LogP contribution in [-0.4, -0.2) is 12.1 Å². The molecule has 1 aromatic heterocycles. The molecule has 0 atom stereocenters. The Morgan fingerprint density at radius 2 is 1.95 bits per heavy atom. The number of nitrogens with zero attached hydrogens (tertiary/aromatic N) is 2. The van der Waals surface area contributed by atoms with Gasteiger partial charge in [0.15, 0.2) is 0 Å². The molecular weight excluding hydrogens is 242 g/mol. The third-order valence-electron chi connectivity index (χ3n) is 2.47. The minimum atomic E-state index is 0.308. The maximum absolute atomic E-state index is 8.94. The second-order valence-electron chi connectivity index (χ2n) is 4.02. The second-order valence-corrected chi connectivity index (χ2v) is 4.02. The minimum absolute atomic E-state index is 0.308. The summed E-state index contributed by atoms with van der Waals surface area (Å²) < 4.78 is 10.7. The Morgan fingerprint density at radius 3 is 2.58 bits per heavy atom. The highest BCUT2D eigenvalue weighted by atomic mass is 16.5. The Balaban J connectivity index is 2.35. The molecule has 0 saturated heterocycles. The molecule has 1 heterocycles. The first-order chi connectivity index (χ1) is 9.12. The van der Waals surface area contributed by atoms with E-state index < -0.39 is 0 Å². The molecule has 0 radical (unpaired) electrons. The largest absolute Gasteiger partial charge is 0.497 e. The van der Waals surface area contributed by atoms with Gasteiger partial charge in [-0.25, -0.2) is 4.98 Å². The fourth-order valence-electron chi connectivity index (χ4n) is 1.59. The number of aryl methyl sites for hydroxylation is 1. The van der Waals surface area contributed by atoms with Gasteiger partial charge in [0.1, 0.15) is 11.5 Å². The van der Waals surface area contributed by atoms with Crippen LogP contribution in [0.3, 0.4) is 0 Å². The molecule has 1 aromatic carbocycles. The molecule has 0 unspecified atom stereocenters. The van der Waals surface area contributed by atoms with Gasteiger partial charge in [-0.3, -0.25) is 0 Å². The zero-order valence-corrected chi connectivity index (χ0v) is 10.7. The van der Waals surface area contributed by atoms with Crippen molar-refractivity contribution >= 4 is 5.69 Å². The van der Waals surface area contributed by atoms with E-state index in [1.54, 1.807) is 30.5 Å². The standard InChI is InChI=1S/C14H13N3O2/c1-9-3-13(16)14(17-8-9)19-12-5-10(7-15)4-11(6-12)18-2/h3-6,8H,16H2,1-2H3. The van der Waals surface area contributed by atoms with Crippen molar-refractivity contribution in [2.75, 3.05) is 12.8 Å². The van der Waals surface area contributed by atoms with Crippen LogP contribution in [0.15, 0.2) is 30.5 Å². The third-order valence-corrected chi connectivity index (χ3v) is 2.47. The summed E-state index contributed by atoms with van der Waals surface area (Å²) in [6, 6.07) is 8.70. The lowest BCUT2D eigenvalue weighted by molar-refractivity contribution is 0.407. The lowest BCUT2D eigenvalue weighted by Crippen LogP contribution is -1.96. The summed E-state index contributed by atoms with van der Waals surface area (Å²) in [7, 11) is 1.53. The van der Waals surface area contributed by atoms with E-state index in [2.05, 4.69) is 4.98 Å². The van der Waals surface area contributed by atoms with E-state index in [4.69, 9.17) is 20.5 Å². The zero-order chi connectivity index (χ0) is 13.8. The fourth-order valence-corrected chi connectivity index (χ4v) is 1.59. The van der Waals surface area contributed by atoms with Gasteiger partial charge in [-0.15, -0.1) is 0 Å². The Labute approximate surface area is 111 Å². The maximum Gasteiger partial charge on any atom is 0.242 e. The van der Waals surface area contributed by atoms with E-state index >= 15 is 0 Å². The van der Waals surface area contributed by atoms with E-state index in [0.717, 1.165) is 5.56 Å². The number of ether oxygens (including phenoxy) is 2. The summed E-state index contributed by atoms with van der Waals surface area (Å²) in [5.74, 6) is 1.31. The van der Waals surface area contributed by atoms with E-state index in [0.29, 0.717) is 28.6 Å². The van der Waals surface area contributed by atoms with E-state index in [1.807, 2.05) is 13.0 Å². The molecule has 0 fully saturated rings. The summed E-state index contributed by atoms with van der Waals surface area (Å²) in [4.78, 5) is 4.11. The van der Waals surface area contributed by atoms with Gasteiger partial charge in [-0.1, -0.05) is 0 Å². The highest BCUT2D eigenvalue weighted by Gasteiger charge is 2.07. The number of aromatic nitrogens is 1. The predicted molar refractivity (Wildman–Crippen MR) is 71.2 cm³/mol. The molecule has 5 nitrogen and oxygen atoms in total. The summed E-state index contributed by atoms with van der Waals surface area (Å²) in [6.07, 6.45) is 1.66. The number of benzene rings is 1. The van der Waals surface area contributed by atoms with Crippen LogP contribution in [0.1, 0.15) is 11.1 Å². The molecule has 0 amide bonds. The lowest BCUT2D eigenvalue weighted by atomic mass is 10.2. The Morgan fingerprint density at radius 1 is 1.21 bits per heavy atom. The Kier molecular flexibility index (Phi) is 3.53. The van der Waals surface area contributed by atoms with E-state index in [1.165, 1.54) is 7.11 Å². The number of nitrogens with two attached hydrogens (primary N) is 1. The van der Waals surface area contributed by atoms with Crippen LogP contribution in [0.25, 0.3) is 0 Å². The molecule has 0 aliphatic rings. The second kappa shape index (κ2) is 5.27. The average molecular weight is 255 g/mol. The smallest absolute Gasteiger partial charge is 0.242 e. The molecule has 2 aromatic rings. The van der Waals surface area contributed by atoms with Crippen molar-refractivity contribution < 1.29 is 9.47 Å². The molecule has 2 rings (SSSR count). The molecule has 0 bridgehead atoms. The van der Waals surface area contributed by atoms with Crippen LogP contribution in [0.5, 0.6) is 17.4 Å². The predicted octanol–water partition coefficient (Wildman–Crippen LogP) is 2.64. The maximum atomic E-state index is 8.94. The molecule has 19 heavy (non-hydrogen) atoms. The first-order valence-corrected chi connectivity index (χ1v) is 5.61. The van der Waals surface area contributed by atoms with Crippen molar-refractivity contribution in [2.45, 2.75) is 6.92 Å². The highest BCUT2D eigenvalue weighted by molar-refractivity contribution is 5.52. The summed E-state index contributed by atoms with van der Waals surface area (Å²) >= 11 is 0. The number of hydrogen-bond donors (Lipinski definition) is 1. The van der Waals surface area contributed by atoms with Crippen molar-refractivity contribution in [1.82, 2.24) is 4.98 Å². The quantitative estimate of drug-likeness (QED) is 0.911. The first-order valence-electron chi connectivity index (χ1n) is 5.61. The van der Waals surface area contributed by atoms with E-state index in [-0.39, 0.29) is 0 Å². The van der Waals surface area contributed by atoms with Crippen LogP contribution >= 0.6 is 0 Å². The van der Waals surface area contributed by atoms with Crippen molar-refractivity contribution in [3.05, 3.63) is 41.6 Å². The Bertz CT molecular complexity index is 648. The summed E-state index contributed by atoms with van der Waals surface area (Å²) in [5.41, 5.74) is 7.67. The summed E-state index contributed by atoms with van der Waals surface area (Å²) in [5, 5.41) is 8.94. The lowest BCUT2D eigenvalue weighted by Gasteiger charge is -2.09. The number of hydrogen-bond acceptors (Lipinski definition) is 5. The van der Waals surface area contributed by atoms with Crippen molar-refractivity contribution in [3.8, 4) is 23.4 Å². The van der Waals surface area contributed by atoms with Crippen molar-refractivity contribution in [1.29, 1.82) is 5.26 Å². The Hall–Kier alpha value is -2.74. The number of nitrogen functional groups attached to an aromatic ring is 1. The number of pyridine rings is 1. The van der Waals surface area contributed by atoms with Crippen LogP contribution in [0.4, 0.5) is 5.69 Å². The van der Waals surface area contributed by atoms with Crippen molar-refractivity contribution in [2.24, 2.45) is 0 Å². The highest BCUT2D eigenvalue weighted by Crippen LogP contribution is 2.29. The van der Waals surface area contributed by atoms with E-state index in [9.17, 15) is 0 Å². The number of anilines is 1. The number of rotatable bonds is 3. The minimum Gasteiger partial charge on any atom is -0.497 e. The normalized spacial score (nSPS) is 9.74. The molecule has 5 heteroatoms. The van der Waals surface area contributed by atoms with Gasteiger partial charge in [-0.2, -0.15) is 5.26 Å². The molecular formula is C14H13N3O2. The summed E-state index contributed by atoms with van der Waals surface area (Å²) in [6.45, 7) is 1.90. The molecule has 2 N–H and O–H groups in total. The van der Waals surface area contributed by atoms with Gasteiger partial charge < -0.3 is 15.2 Å². The SMILES string of the molecule is COc1cc(C#N)cc(Oc2ncc(C)cc2N)c1. The van der Waals surface area contributed by atoms with Crippen LogP contribution in [0.2, 0.25) is 0 Å². The molecule has 0 spiro atoms. The monoisotopic (exact) mass is 255 g/mol. The average Bonchev–Trinajstić information content (AvgIpc) is 2.41. The zero-order valence-electron chi connectivity index (χ0n) is 10.7. The first kappa shape index (κ1) is 12.7. The van der Waals surface area contributed by atoms with Gasteiger partial charge in [-0.05, 0) is 30.7 Å². The molecule has 0 aliphatic carbocycles. The van der Waals surface area contributed by atoms with Gasteiger partial charge in [0.2, 0.25) is 5.88 Å². The van der Waals surface area contributed by atoms with Crippen LogP contribution < -0.4 is 15.2 Å². The van der Waals surface area contributed by atoms with Crippen LogP contribution in [-0.2, 0) is 0 Å². The fraction of sp³-hybridized carbons (Fsp3) is 0.143. The van der Waals surface area contributed by atoms with Gasteiger partial charge in [0.25, 0.3) is 0 Å². The van der Waals surface area contributed by atoms with Crippen molar-refractivity contribution in [3.63, 3.8) is 0 Å². The molecule has 0 aliphatic heterocycles. The van der Waals surface area contributed by atoms with Gasteiger partial charge in [0.05, 0.1) is 24.4 Å².